The van der Waals surface area contributed by atoms with Crippen molar-refractivity contribution in [1.82, 2.24) is 10.3 Å². The van der Waals surface area contributed by atoms with Gasteiger partial charge in [0.15, 0.2) is 0 Å². The smallest absolute Gasteiger partial charge is 0.307 e. The number of nitrogens with one attached hydrogen (secondary N) is 2. The van der Waals surface area contributed by atoms with Gasteiger partial charge in [-0.1, -0.05) is 6.07 Å². The van der Waals surface area contributed by atoms with Gasteiger partial charge in [-0.15, -0.1) is 0 Å². The van der Waals surface area contributed by atoms with Crippen molar-refractivity contribution in [2.24, 2.45) is 0 Å². The molecule has 2 N–H and O–H groups in total. The molecule has 0 saturated carbocycles. The number of aromatic nitrogens is 1. The highest BCUT2D eigenvalue weighted by Gasteiger charge is 2.16. The Bertz CT molecular complexity index is 651. The number of halogens is 1. The highest BCUT2D eigenvalue weighted by Crippen LogP contribution is 2.18. The van der Waals surface area contributed by atoms with Gasteiger partial charge in [-0.2, -0.15) is 0 Å². The molecule has 2 aromatic rings. The maximum atomic E-state index is 13.5. The Kier molecular flexibility index (Phi) is 4.02. The van der Waals surface area contributed by atoms with Gasteiger partial charge in [0.1, 0.15) is 11.5 Å². The number of esters is 1. The largest absolute Gasteiger partial charge is 0.469 e. The number of amides is 1. The van der Waals surface area contributed by atoms with Gasteiger partial charge in [0.2, 0.25) is 0 Å². The van der Waals surface area contributed by atoms with Crippen LogP contribution in [0.5, 0.6) is 0 Å². The van der Waals surface area contributed by atoms with E-state index in [1.165, 1.54) is 19.2 Å². The average Bonchev–Trinajstić information content (AvgIpc) is 2.84. The lowest BCUT2D eigenvalue weighted by Gasteiger charge is -2.11. The number of H-pyrrole nitrogens is 1. The first-order valence-electron chi connectivity index (χ1n) is 6.16. The number of rotatable bonds is 4. The van der Waals surface area contributed by atoms with Crippen LogP contribution < -0.4 is 5.32 Å². The van der Waals surface area contributed by atoms with Crippen LogP contribution in [-0.2, 0) is 9.53 Å². The van der Waals surface area contributed by atoms with E-state index in [2.05, 4.69) is 15.0 Å². The first-order valence-corrected chi connectivity index (χ1v) is 6.16. The fourth-order valence-corrected chi connectivity index (χ4v) is 1.93. The molecule has 6 heteroatoms. The van der Waals surface area contributed by atoms with Crippen LogP contribution in [0.2, 0.25) is 0 Å². The Balaban J connectivity index is 2.11. The van der Waals surface area contributed by atoms with E-state index in [0.717, 1.165) is 0 Å². The number of aromatic amines is 1. The van der Waals surface area contributed by atoms with E-state index in [-0.39, 0.29) is 24.0 Å². The maximum absolute atomic E-state index is 13.5. The van der Waals surface area contributed by atoms with Crippen LogP contribution in [0.25, 0.3) is 10.9 Å². The Morgan fingerprint density at radius 2 is 2.20 bits per heavy atom. The molecule has 1 heterocycles. The van der Waals surface area contributed by atoms with Crippen LogP contribution in [0, 0.1) is 5.82 Å². The summed E-state index contributed by atoms with van der Waals surface area (Å²) >= 11 is 0. The Hall–Kier alpha value is -2.37. The monoisotopic (exact) mass is 278 g/mol. The van der Waals surface area contributed by atoms with Crippen LogP contribution >= 0.6 is 0 Å². The van der Waals surface area contributed by atoms with Crippen LogP contribution in [0.3, 0.4) is 0 Å². The van der Waals surface area contributed by atoms with Crippen molar-refractivity contribution in [2.75, 3.05) is 7.11 Å². The predicted molar refractivity (Wildman–Crippen MR) is 71.8 cm³/mol. The topological polar surface area (TPSA) is 71.2 Å². The summed E-state index contributed by atoms with van der Waals surface area (Å²) in [4.78, 5) is 25.9. The number of hydrogen-bond donors (Lipinski definition) is 2. The van der Waals surface area contributed by atoms with Crippen molar-refractivity contribution >= 4 is 22.8 Å². The third-order valence-corrected chi connectivity index (χ3v) is 2.93. The summed E-state index contributed by atoms with van der Waals surface area (Å²) < 4.78 is 18.1. The molecule has 1 aromatic heterocycles. The lowest BCUT2D eigenvalue weighted by molar-refractivity contribution is -0.141. The first kappa shape index (κ1) is 14.0. The number of fused-ring (bicyclic) bond motifs is 1. The minimum atomic E-state index is -0.402. The van der Waals surface area contributed by atoms with Crippen molar-refractivity contribution in [2.45, 2.75) is 19.4 Å². The molecule has 106 valence electrons. The van der Waals surface area contributed by atoms with Crippen LogP contribution in [0.4, 0.5) is 4.39 Å². The molecule has 0 spiro atoms. The van der Waals surface area contributed by atoms with E-state index in [0.29, 0.717) is 10.9 Å². The Morgan fingerprint density at radius 3 is 2.85 bits per heavy atom. The molecule has 1 unspecified atom stereocenters. The molecule has 1 amide bonds. The molecule has 0 fully saturated rings. The fourth-order valence-electron chi connectivity index (χ4n) is 1.93. The second kappa shape index (κ2) is 5.73. The number of benzene rings is 1. The molecule has 0 aliphatic rings. The first-order chi connectivity index (χ1) is 9.51. The molecule has 0 bridgehead atoms. The zero-order chi connectivity index (χ0) is 14.7. The summed E-state index contributed by atoms with van der Waals surface area (Å²) in [6.07, 6.45) is 0.0802. The van der Waals surface area contributed by atoms with Gasteiger partial charge in [-0.3, -0.25) is 9.59 Å². The summed E-state index contributed by atoms with van der Waals surface area (Å²) in [6.45, 7) is 1.69. The molecule has 0 saturated heterocycles. The third-order valence-electron chi connectivity index (χ3n) is 2.93. The van der Waals surface area contributed by atoms with E-state index < -0.39 is 11.9 Å². The maximum Gasteiger partial charge on any atom is 0.307 e. The average molecular weight is 278 g/mol. The van der Waals surface area contributed by atoms with Gasteiger partial charge in [0.25, 0.3) is 5.91 Å². The normalized spacial score (nSPS) is 12.2. The van der Waals surface area contributed by atoms with Crippen molar-refractivity contribution < 1.29 is 18.7 Å². The summed E-state index contributed by atoms with van der Waals surface area (Å²) in [7, 11) is 1.29. The third kappa shape index (κ3) is 2.96. The summed E-state index contributed by atoms with van der Waals surface area (Å²) in [5, 5.41) is 3.01. The number of ether oxygens (including phenoxy) is 1. The van der Waals surface area contributed by atoms with Crippen LogP contribution in [-0.4, -0.2) is 30.0 Å². The van der Waals surface area contributed by atoms with Crippen LogP contribution in [0.15, 0.2) is 24.3 Å². The number of carbonyl (C=O) groups excluding carboxylic acids is 2. The number of hydrogen-bond acceptors (Lipinski definition) is 3. The van der Waals surface area contributed by atoms with Gasteiger partial charge < -0.3 is 15.0 Å². The van der Waals surface area contributed by atoms with E-state index in [1.54, 1.807) is 19.1 Å². The molecule has 2 rings (SSSR count). The van der Waals surface area contributed by atoms with E-state index in [1.807, 2.05) is 0 Å². The van der Waals surface area contributed by atoms with E-state index in [9.17, 15) is 14.0 Å². The lowest BCUT2D eigenvalue weighted by Crippen LogP contribution is -2.34. The Morgan fingerprint density at radius 1 is 1.45 bits per heavy atom. The molecule has 20 heavy (non-hydrogen) atoms. The second-order valence-corrected chi connectivity index (χ2v) is 4.54. The molecule has 0 aliphatic carbocycles. The summed E-state index contributed by atoms with van der Waals surface area (Å²) in [5.41, 5.74) is 0.803. The quantitative estimate of drug-likeness (QED) is 0.840. The van der Waals surface area contributed by atoms with Crippen molar-refractivity contribution in [1.29, 1.82) is 0 Å². The Labute approximate surface area is 115 Å². The highest BCUT2D eigenvalue weighted by molar-refractivity contribution is 5.98. The number of carbonyl (C=O) groups is 2. The SMILES string of the molecule is COC(=O)CC(C)NC(=O)c1cc2c(F)cccc2[nH]1. The molecule has 5 nitrogen and oxygen atoms in total. The van der Waals surface area contributed by atoms with Gasteiger partial charge in [-0.25, -0.2) is 4.39 Å². The summed E-state index contributed by atoms with van der Waals surface area (Å²) in [5.74, 6) is -1.18. The minimum Gasteiger partial charge on any atom is -0.469 e. The molecule has 0 radical (unpaired) electrons. The fraction of sp³-hybridized carbons (Fsp3) is 0.286. The van der Waals surface area contributed by atoms with Gasteiger partial charge >= 0.3 is 5.97 Å². The standard InChI is InChI=1S/C14H15FN2O3/c1-8(6-13(18)20-2)16-14(19)12-7-9-10(15)4-3-5-11(9)17-12/h3-5,7-8,17H,6H2,1-2H3,(H,16,19). The van der Waals surface area contributed by atoms with Gasteiger partial charge in [0, 0.05) is 16.9 Å². The molecular weight excluding hydrogens is 263 g/mol. The molecule has 1 atom stereocenters. The van der Waals surface area contributed by atoms with E-state index >= 15 is 0 Å². The lowest BCUT2D eigenvalue weighted by atomic mass is 10.2. The van der Waals surface area contributed by atoms with Gasteiger partial charge in [0.05, 0.1) is 13.5 Å². The van der Waals surface area contributed by atoms with Crippen molar-refractivity contribution in [3.8, 4) is 0 Å². The second-order valence-electron chi connectivity index (χ2n) is 4.54. The van der Waals surface area contributed by atoms with E-state index in [4.69, 9.17) is 0 Å². The van der Waals surface area contributed by atoms with Gasteiger partial charge in [-0.05, 0) is 25.1 Å². The molecule has 0 aliphatic heterocycles. The number of methoxy groups -OCH3 is 1. The zero-order valence-electron chi connectivity index (χ0n) is 11.2. The van der Waals surface area contributed by atoms with Crippen molar-refractivity contribution in [3.63, 3.8) is 0 Å². The zero-order valence-corrected chi connectivity index (χ0v) is 11.2. The van der Waals surface area contributed by atoms with Crippen LogP contribution in [0.1, 0.15) is 23.8 Å². The predicted octanol–water partition coefficient (Wildman–Crippen LogP) is 1.99. The summed E-state index contributed by atoms with van der Waals surface area (Å²) in [6, 6.07) is 5.66. The highest BCUT2D eigenvalue weighted by atomic mass is 19.1. The van der Waals surface area contributed by atoms with Crippen molar-refractivity contribution in [3.05, 3.63) is 35.8 Å². The minimum absolute atomic E-state index is 0.0802. The molecule has 1 aromatic carbocycles. The molecular formula is C14H15FN2O3.